The van der Waals surface area contributed by atoms with Crippen LogP contribution < -0.4 is 4.74 Å². The van der Waals surface area contributed by atoms with E-state index >= 15 is 0 Å². The van der Waals surface area contributed by atoms with Crippen LogP contribution in [-0.4, -0.2) is 13.0 Å². The molecule has 0 N–H and O–H groups in total. The van der Waals surface area contributed by atoms with E-state index in [0.717, 1.165) is 23.1 Å². The van der Waals surface area contributed by atoms with Gasteiger partial charge in [0.25, 0.3) is 0 Å². The summed E-state index contributed by atoms with van der Waals surface area (Å²) in [5, 5.41) is 2.11. The first-order valence-electron chi connectivity index (χ1n) is 6.13. The summed E-state index contributed by atoms with van der Waals surface area (Å²) in [5.41, 5.74) is 1.23. The normalized spacial score (nSPS) is 12.4. The van der Waals surface area contributed by atoms with E-state index in [0.29, 0.717) is 11.8 Å². The van der Waals surface area contributed by atoms with Crippen molar-refractivity contribution >= 4 is 38.9 Å². The monoisotopic (exact) mass is 358 g/mol. The lowest BCUT2D eigenvalue weighted by molar-refractivity contribution is 0.405. The van der Waals surface area contributed by atoms with Gasteiger partial charge in [-0.25, -0.2) is 0 Å². The summed E-state index contributed by atoms with van der Waals surface area (Å²) in [6.45, 7) is 0. The number of thiophene rings is 1. The molecule has 0 aliphatic heterocycles. The predicted molar refractivity (Wildman–Crippen MR) is 86.6 cm³/mol. The number of methoxy groups -OCH3 is 1. The fourth-order valence-corrected chi connectivity index (χ4v) is 3.89. The average molecular weight is 360 g/mol. The zero-order valence-corrected chi connectivity index (χ0v) is 13.9. The minimum atomic E-state index is 0.434. The first-order valence-corrected chi connectivity index (χ1v) is 8.34. The van der Waals surface area contributed by atoms with Crippen molar-refractivity contribution in [3.63, 3.8) is 0 Å². The van der Waals surface area contributed by atoms with Crippen molar-refractivity contribution in [2.75, 3.05) is 13.0 Å². The summed E-state index contributed by atoms with van der Waals surface area (Å²) < 4.78 is 6.55. The largest absolute Gasteiger partial charge is 0.496 e. The first kappa shape index (κ1) is 14.9. The topological polar surface area (TPSA) is 9.23 Å². The molecule has 102 valence electrons. The van der Waals surface area contributed by atoms with Crippen LogP contribution in [0.25, 0.3) is 0 Å². The van der Waals surface area contributed by atoms with E-state index in [4.69, 9.17) is 16.3 Å². The van der Waals surface area contributed by atoms with E-state index in [1.165, 1.54) is 10.4 Å². The van der Waals surface area contributed by atoms with Gasteiger partial charge in [-0.15, -0.1) is 22.9 Å². The van der Waals surface area contributed by atoms with E-state index in [1.54, 1.807) is 18.4 Å². The molecule has 1 atom stereocenters. The molecule has 0 spiro atoms. The van der Waals surface area contributed by atoms with Crippen molar-refractivity contribution < 1.29 is 4.74 Å². The number of rotatable bonds is 6. The second kappa shape index (κ2) is 7.32. The van der Waals surface area contributed by atoms with Gasteiger partial charge in [-0.3, -0.25) is 0 Å². The van der Waals surface area contributed by atoms with E-state index in [9.17, 15) is 0 Å². The van der Waals surface area contributed by atoms with E-state index < -0.39 is 0 Å². The molecule has 0 aliphatic rings. The Morgan fingerprint density at radius 3 is 2.74 bits per heavy atom. The fourth-order valence-electron chi connectivity index (χ4n) is 2.11. The van der Waals surface area contributed by atoms with Crippen LogP contribution in [0.5, 0.6) is 5.75 Å². The van der Waals surface area contributed by atoms with Crippen LogP contribution in [0.1, 0.15) is 10.4 Å². The van der Waals surface area contributed by atoms with Crippen LogP contribution in [-0.2, 0) is 12.8 Å². The Kier molecular flexibility index (Phi) is 5.74. The van der Waals surface area contributed by atoms with Gasteiger partial charge >= 0.3 is 0 Å². The Morgan fingerprint density at radius 2 is 2.11 bits per heavy atom. The Balaban J connectivity index is 2.06. The Bertz CT molecular complexity index is 526. The van der Waals surface area contributed by atoms with Gasteiger partial charge in [-0.1, -0.05) is 18.2 Å². The third-order valence-electron chi connectivity index (χ3n) is 3.03. The predicted octanol–water partition coefficient (Wildman–Crippen LogP) is 5.16. The van der Waals surface area contributed by atoms with Crippen molar-refractivity contribution in [2.45, 2.75) is 12.8 Å². The lowest BCUT2D eigenvalue weighted by atomic mass is 9.96. The molecule has 0 aliphatic carbocycles. The highest BCUT2D eigenvalue weighted by Crippen LogP contribution is 2.27. The van der Waals surface area contributed by atoms with Gasteiger partial charge in [-0.2, -0.15) is 0 Å². The summed E-state index contributed by atoms with van der Waals surface area (Å²) in [7, 11) is 1.71. The van der Waals surface area contributed by atoms with Gasteiger partial charge in [0, 0.05) is 20.6 Å². The minimum Gasteiger partial charge on any atom is -0.496 e. The van der Waals surface area contributed by atoms with Crippen LogP contribution >= 0.6 is 38.9 Å². The maximum Gasteiger partial charge on any atom is 0.122 e. The summed E-state index contributed by atoms with van der Waals surface area (Å²) in [5.74, 6) is 2.04. The molecule has 0 saturated heterocycles. The molecule has 0 amide bonds. The molecule has 19 heavy (non-hydrogen) atoms. The smallest absolute Gasteiger partial charge is 0.122 e. The second-order valence-electron chi connectivity index (χ2n) is 4.47. The summed E-state index contributed by atoms with van der Waals surface area (Å²) in [6, 6.07) is 10.3. The molecule has 0 fully saturated rings. The molecule has 0 saturated carbocycles. The van der Waals surface area contributed by atoms with Gasteiger partial charge in [0.1, 0.15) is 5.75 Å². The number of alkyl halides is 1. The molecule has 0 bridgehead atoms. The van der Waals surface area contributed by atoms with Crippen molar-refractivity contribution in [3.05, 3.63) is 50.6 Å². The average Bonchev–Trinajstić information content (AvgIpc) is 2.84. The third kappa shape index (κ3) is 4.23. The molecule has 2 rings (SSSR count). The van der Waals surface area contributed by atoms with Crippen LogP contribution in [0.4, 0.5) is 0 Å². The molecule has 1 aromatic heterocycles. The van der Waals surface area contributed by atoms with Gasteiger partial charge in [0.15, 0.2) is 0 Å². The zero-order chi connectivity index (χ0) is 13.7. The SMILES string of the molecule is COc1ccccc1CC(CCl)Cc1cc(Br)cs1. The number of para-hydroxylation sites is 1. The highest BCUT2D eigenvalue weighted by atomic mass is 79.9. The number of halogens is 2. The van der Waals surface area contributed by atoms with Crippen molar-refractivity contribution in [1.82, 2.24) is 0 Å². The number of ether oxygens (including phenoxy) is 1. The number of hydrogen-bond acceptors (Lipinski definition) is 2. The molecular formula is C15H16BrClOS. The lowest BCUT2D eigenvalue weighted by Gasteiger charge is -2.15. The van der Waals surface area contributed by atoms with Crippen molar-refractivity contribution in [3.8, 4) is 5.75 Å². The summed E-state index contributed by atoms with van der Waals surface area (Å²) in [6.07, 6.45) is 1.96. The quantitative estimate of drug-likeness (QED) is 0.647. The zero-order valence-electron chi connectivity index (χ0n) is 10.7. The minimum absolute atomic E-state index is 0.434. The molecular weight excluding hydrogens is 344 g/mol. The van der Waals surface area contributed by atoms with Crippen LogP contribution in [0, 0.1) is 5.92 Å². The van der Waals surface area contributed by atoms with E-state index in [1.807, 2.05) is 18.2 Å². The Labute approximate surface area is 131 Å². The molecule has 1 aromatic carbocycles. The molecule has 4 heteroatoms. The maximum absolute atomic E-state index is 6.12. The van der Waals surface area contributed by atoms with Crippen molar-refractivity contribution in [1.29, 1.82) is 0 Å². The maximum atomic E-state index is 6.12. The standard InChI is InChI=1S/C15H16BrClOS/c1-18-15-5-3-2-4-12(15)6-11(9-17)7-14-8-13(16)10-19-14/h2-5,8,10-11H,6-7,9H2,1H3. The number of hydrogen-bond donors (Lipinski definition) is 0. The summed E-state index contributed by atoms with van der Waals surface area (Å²) >= 11 is 11.4. The van der Waals surface area contributed by atoms with Gasteiger partial charge < -0.3 is 4.74 Å². The van der Waals surface area contributed by atoms with Crippen molar-refractivity contribution in [2.24, 2.45) is 5.92 Å². The third-order valence-corrected chi connectivity index (χ3v) is 5.19. The van der Waals surface area contributed by atoms with Crippen LogP contribution in [0.15, 0.2) is 40.2 Å². The van der Waals surface area contributed by atoms with Crippen LogP contribution in [0.3, 0.4) is 0 Å². The first-order chi connectivity index (χ1) is 9.22. The Morgan fingerprint density at radius 1 is 1.32 bits per heavy atom. The second-order valence-corrected chi connectivity index (χ2v) is 6.69. The highest BCUT2D eigenvalue weighted by Gasteiger charge is 2.13. The Hall–Kier alpha value is -0.510. The molecule has 1 unspecified atom stereocenters. The highest BCUT2D eigenvalue weighted by molar-refractivity contribution is 9.10. The fraction of sp³-hybridized carbons (Fsp3) is 0.333. The molecule has 0 radical (unpaired) electrons. The lowest BCUT2D eigenvalue weighted by Crippen LogP contribution is -2.10. The van der Waals surface area contributed by atoms with E-state index in [2.05, 4.69) is 33.4 Å². The molecule has 1 nitrogen and oxygen atoms in total. The van der Waals surface area contributed by atoms with Gasteiger partial charge in [-0.05, 0) is 52.4 Å². The van der Waals surface area contributed by atoms with Crippen LogP contribution in [0.2, 0.25) is 0 Å². The molecule has 2 aromatic rings. The summed E-state index contributed by atoms with van der Waals surface area (Å²) in [4.78, 5) is 1.37. The van der Waals surface area contributed by atoms with E-state index in [-0.39, 0.29) is 0 Å². The van der Waals surface area contributed by atoms with Gasteiger partial charge in [0.05, 0.1) is 7.11 Å². The van der Waals surface area contributed by atoms with Gasteiger partial charge in [0.2, 0.25) is 0 Å². The number of benzene rings is 1. The molecule has 1 heterocycles.